The van der Waals surface area contributed by atoms with Crippen LogP contribution in [0.5, 0.6) is 5.75 Å². The van der Waals surface area contributed by atoms with E-state index in [9.17, 15) is 14.4 Å². The zero-order valence-electron chi connectivity index (χ0n) is 26.0. The van der Waals surface area contributed by atoms with E-state index in [1.165, 1.54) is 17.7 Å². The summed E-state index contributed by atoms with van der Waals surface area (Å²) in [6, 6.07) is 21.4. The SMILES string of the molecule is C/C(=C\c1ccc(OC(=O)c2ccc(N/C(=N\C(=O)OC(C)(C)C)NC(=O)OC(C)(C)C)cc2)cc1Cl)Cc1ccccc1. The van der Waals surface area contributed by atoms with E-state index in [1.54, 1.807) is 71.9 Å². The lowest BCUT2D eigenvalue weighted by atomic mass is 10.0. The highest BCUT2D eigenvalue weighted by atomic mass is 35.5. The maximum absolute atomic E-state index is 12.8. The van der Waals surface area contributed by atoms with Crippen LogP contribution in [0.3, 0.4) is 0 Å². The first-order chi connectivity index (χ1) is 20.6. The van der Waals surface area contributed by atoms with Gasteiger partial charge in [-0.05, 0) is 102 Å². The van der Waals surface area contributed by atoms with Crippen LogP contribution in [0.2, 0.25) is 5.02 Å². The number of esters is 1. The van der Waals surface area contributed by atoms with E-state index in [0.29, 0.717) is 16.5 Å². The summed E-state index contributed by atoms with van der Waals surface area (Å²) < 4.78 is 16.0. The molecule has 0 radical (unpaired) electrons. The predicted octanol–water partition coefficient (Wildman–Crippen LogP) is 8.43. The molecule has 0 unspecified atom stereocenters. The van der Waals surface area contributed by atoms with Crippen molar-refractivity contribution in [1.82, 2.24) is 5.32 Å². The molecule has 0 bridgehead atoms. The van der Waals surface area contributed by atoms with Gasteiger partial charge in [-0.3, -0.25) is 5.32 Å². The number of halogens is 1. The van der Waals surface area contributed by atoms with Crippen LogP contribution in [0.25, 0.3) is 6.08 Å². The Kier molecular flexibility index (Phi) is 11.3. The van der Waals surface area contributed by atoms with Gasteiger partial charge in [-0.1, -0.05) is 53.6 Å². The number of rotatable bonds is 6. The molecule has 0 aliphatic rings. The average Bonchev–Trinajstić information content (AvgIpc) is 2.89. The quantitative estimate of drug-likeness (QED) is 0.123. The van der Waals surface area contributed by atoms with Crippen molar-refractivity contribution in [2.75, 3.05) is 5.32 Å². The molecule has 0 aliphatic carbocycles. The van der Waals surface area contributed by atoms with E-state index in [4.69, 9.17) is 25.8 Å². The highest BCUT2D eigenvalue weighted by molar-refractivity contribution is 6.32. The minimum absolute atomic E-state index is 0.216. The summed E-state index contributed by atoms with van der Waals surface area (Å²) in [6.45, 7) is 12.2. The van der Waals surface area contributed by atoms with Gasteiger partial charge >= 0.3 is 18.2 Å². The zero-order chi connectivity index (χ0) is 32.5. The van der Waals surface area contributed by atoms with E-state index in [-0.39, 0.29) is 11.5 Å². The van der Waals surface area contributed by atoms with Gasteiger partial charge in [0.25, 0.3) is 0 Å². The molecule has 0 aliphatic heterocycles. The van der Waals surface area contributed by atoms with E-state index >= 15 is 0 Å². The molecule has 3 rings (SSSR count). The van der Waals surface area contributed by atoms with Gasteiger partial charge in [-0.2, -0.15) is 0 Å². The number of carbonyl (C=O) groups excluding carboxylic acids is 3. The Balaban J connectivity index is 1.68. The number of amides is 2. The molecule has 0 saturated heterocycles. The average molecular weight is 620 g/mol. The van der Waals surface area contributed by atoms with Crippen molar-refractivity contribution in [2.24, 2.45) is 4.99 Å². The van der Waals surface area contributed by atoms with Crippen molar-refractivity contribution in [3.05, 3.63) is 100 Å². The second kappa shape index (κ2) is 14.7. The fourth-order valence-electron chi connectivity index (χ4n) is 3.78. The van der Waals surface area contributed by atoms with E-state index in [2.05, 4.69) is 27.8 Å². The third-order valence-corrected chi connectivity index (χ3v) is 5.84. The van der Waals surface area contributed by atoms with Crippen LogP contribution >= 0.6 is 11.6 Å². The summed E-state index contributed by atoms with van der Waals surface area (Å²) >= 11 is 6.49. The molecular formula is C34H38ClN3O6. The number of anilines is 1. The van der Waals surface area contributed by atoms with Crippen molar-refractivity contribution >= 4 is 47.5 Å². The van der Waals surface area contributed by atoms with Crippen LogP contribution in [-0.4, -0.2) is 35.3 Å². The lowest BCUT2D eigenvalue weighted by Gasteiger charge is -2.21. The third kappa shape index (κ3) is 11.9. The molecule has 0 aromatic heterocycles. The van der Waals surface area contributed by atoms with Crippen molar-refractivity contribution in [3.8, 4) is 5.75 Å². The number of carbonyl (C=O) groups is 3. The van der Waals surface area contributed by atoms with Gasteiger partial charge in [0.15, 0.2) is 0 Å². The Bertz CT molecular complexity index is 1540. The Morgan fingerprint density at radius 2 is 1.50 bits per heavy atom. The second-order valence-electron chi connectivity index (χ2n) is 12.0. The molecule has 3 aromatic carbocycles. The van der Waals surface area contributed by atoms with Gasteiger partial charge < -0.3 is 19.5 Å². The van der Waals surface area contributed by atoms with Crippen molar-refractivity contribution in [2.45, 2.75) is 66.1 Å². The highest BCUT2D eigenvalue weighted by Gasteiger charge is 2.21. The van der Waals surface area contributed by atoms with Gasteiger partial charge in [0.2, 0.25) is 5.96 Å². The first-order valence-electron chi connectivity index (χ1n) is 14.0. The third-order valence-electron chi connectivity index (χ3n) is 5.51. The molecule has 232 valence electrons. The zero-order valence-corrected chi connectivity index (χ0v) is 26.7. The van der Waals surface area contributed by atoms with Gasteiger partial charge in [-0.15, -0.1) is 4.99 Å². The fourth-order valence-corrected chi connectivity index (χ4v) is 4.00. The number of allylic oxidation sites excluding steroid dienone is 1. The lowest BCUT2D eigenvalue weighted by Crippen LogP contribution is -2.40. The van der Waals surface area contributed by atoms with Crippen LogP contribution in [0.1, 0.15) is 70.0 Å². The summed E-state index contributed by atoms with van der Waals surface area (Å²) in [7, 11) is 0. The molecule has 10 heteroatoms. The van der Waals surface area contributed by atoms with E-state index in [1.807, 2.05) is 31.2 Å². The van der Waals surface area contributed by atoms with Crippen molar-refractivity contribution in [1.29, 1.82) is 0 Å². The second-order valence-corrected chi connectivity index (χ2v) is 12.4. The van der Waals surface area contributed by atoms with Gasteiger partial charge in [0, 0.05) is 11.8 Å². The summed E-state index contributed by atoms with van der Waals surface area (Å²) in [4.78, 5) is 41.3. The molecule has 0 fully saturated rings. The molecule has 0 spiro atoms. The van der Waals surface area contributed by atoms with Gasteiger partial charge in [0.05, 0.1) is 10.6 Å². The Labute approximate surface area is 263 Å². The number of nitrogens with zero attached hydrogens (tertiary/aromatic N) is 1. The standard InChI is InChI=1S/C34H38ClN3O6/c1-22(19-23-11-9-8-10-12-23)20-25-15-18-27(21-28(25)35)42-29(39)24-13-16-26(17-14-24)36-30(37-31(40)43-33(2,3)4)38-32(41)44-34(5,6)7/h8-18,20-21H,19H2,1-7H3,(H2,36,37,38,40,41)/b22-20+. The Morgan fingerprint density at radius 3 is 2.09 bits per heavy atom. The molecule has 0 heterocycles. The molecular weight excluding hydrogens is 582 g/mol. The smallest absolute Gasteiger partial charge is 0.437 e. The summed E-state index contributed by atoms with van der Waals surface area (Å²) in [5.74, 6) is -0.509. The van der Waals surface area contributed by atoms with Crippen LogP contribution in [-0.2, 0) is 15.9 Å². The van der Waals surface area contributed by atoms with Crippen molar-refractivity contribution in [3.63, 3.8) is 0 Å². The molecule has 44 heavy (non-hydrogen) atoms. The lowest BCUT2D eigenvalue weighted by molar-refractivity contribution is 0.0561. The number of alkyl carbamates (subject to hydrolysis) is 1. The minimum Gasteiger partial charge on any atom is -0.444 e. The molecule has 0 saturated carbocycles. The van der Waals surface area contributed by atoms with Crippen LogP contribution in [0.15, 0.2) is 83.4 Å². The summed E-state index contributed by atoms with van der Waals surface area (Å²) in [5, 5.41) is 5.70. The number of guanidine groups is 1. The van der Waals surface area contributed by atoms with E-state index < -0.39 is 29.4 Å². The van der Waals surface area contributed by atoms with Gasteiger partial charge in [-0.25, -0.2) is 14.4 Å². The van der Waals surface area contributed by atoms with E-state index in [0.717, 1.165) is 17.6 Å². The van der Waals surface area contributed by atoms with Crippen LogP contribution < -0.4 is 15.4 Å². The first kappa shape index (κ1) is 33.9. The molecule has 3 aromatic rings. The normalized spacial score (nSPS) is 12.3. The fraction of sp³-hybridized carbons (Fsp3) is 0.294. The number of benzene rings is 3. The largest absolute Gasteiger partial charge is 0.444 e. The summed E-state index contributed by atoms with van der Waals surface area (Å²) in [6.07, 6.45) is 1.07. The Hall–Kier alpha value is -4.63. The number of hydrogen-bond donors (Lipinski definition) is 2. The maximum Gasteiger partial charge on any atom is 0.437 e. The van der Waals surface area contributed by atoms with Crippen LogP contribution in [0, 0.1) is 0 Å². The molecule has 9 nitrogen and oxygen atoms in total. The molecule has 2 amide bonds. The minimum atomic E-state index is -0.914. The van der Waals surface area contributed by atoms with Crippen molar-refractivity contribution < 1.29 is 28.6 Å². The van der Waals surface area contributed by atoms with Gasteiger partial charge in [0.1, 0.15) is 17.0 Å². The topological polar surface area (TPSA) is 115 Å². The monoisotopic (exact) mass is 619 g/mol. The van der Waals surface area contributed by atoms with Crippen LogP contribution in [0.4, 0.5) is 15.3 Å². The number of aliphatic imine (C=N–C) groups is 1. The predicted molar refractivity (Wildman–Crippen MR) is 173 cm³/mol. The highest BCUT2D eigenvalue weighted by Crippen LogP contribution is 2.26. The molecule has 0 atom stereocenters. The maximum atomic E-state index is 12.8. The number of hydrogen-bond acceptors (Lipinski definition) is 6. The first-order valence-corrected chi connectivity index (χ1v) is 14.4. The summed E-state index contributed by atoms with van der Waals surface area (Å²) in [5.41, 5.74) is 2.28. The number of ether oxygens (including phenoxy) is 3. The Morgan fingerprint density at radius 1 is 0.864 bits per heavy atom. The molecule has 2 N–H and O–H groups in total. The number of nitrogens with one attached hydrogen (secondary N) is 2.